The van der Waals surface area contributed by atoms with Crippen molar-refractivity contribution >= 4 is 0 Å². The second-order valence-electron chi connectivity index (χ2n) is 27.5. The average molecular weight is 1590 g/mol. The lowest BCUT2D eigenvalue weighted by atomic mass is 9.74. The van der Waals surface area contributed by atoms with Crippen LogP contribution in [0.25, 0.3) is 0 Å². The molecular formula is C84H128O28. The van der Waals surface area contributed by atoms with Crippen LogP contribution in [0.1, 0.15) is 142 Å². The van der Waals surface area contributed by atoms with Gasteiger partial charge < -0.3 is 133 Å². The lowest BCUT2D eigenvalue weighted by Crippen LogP contribution is -2.24. The first kappa shape index (κ1) is 90.4. The Bertz CT molecular complexity index is 2720. The fourth-order valence-corrected chi connectivity index (χ4v) is 14.6. The Morgan fingerprint density at radius 3 is 0.455 bits per heavy atom. The number of ether oxygens (including phenoxy) is 28. The Morgan fingerprint density at radius 2 is 0.321 bits per heavy atom. The Morgan fingerprint density at radius 1 is 0.196 bits per heavy atom. The Hall–Kier alpha value is -5.52. The molecule has 632 valence electrons. The second-order valence-corrected chi connectivity index (χ2v) is 27.5. The van der Waals surface area contributed by atoms with Crippen molar-refractivity contribution in [1.29, 1.82) is 0 Å². The third-order valence-electron chi connectivity index (χ3n) is 20.0. The van der Waals surface area contributed by atoms with Gasteiger partial charge in [-0.1, -0.05) is 0 Å². The van der Waals surface area contributed by atoms with E-state index >= 15 is 0 Å². The van der Waals surface area contributed by atoms with Crippen molar-refractivity contribution in [2.24, 2.45) is 0 Å². The molecule has 0 saturated heterocycles. The lowest BCUT2D eigenvalue weighted by Gasteiger charge is -2.37. The summed E-state index contributed by atoms with van der Waals surface area (Å²) in [6.45, 7) is 25.0. The third-order valence-corrected chi connectivity index (χ3v) is 20.0. The van der Waals surface area contributed by atoms with Crippen LogP contribution in [0.2, 0.25) is 0 Å². The van der Waals surface area contributed by atoms with E-state index in [-0.39, 0.29) is 50.8 Å². The van der Waals surface area contributed by atoms with Gasteiger partial charge in [-0.3, -0.25) is 0 Å². The monoisotopic (exact) mass is 1580 g/mol. The van der Waals surface area contributed by atoms with Gasteiger partial charge in [0.05, 0.1) is 211 Å². The highest BCUT2D eigenvalue weighted by Crippen LogP contribution is 2.58. The van der Waals surface area contributed by atoms with E-state index in [4.69, 9.17) is 133 Å². The first-order valence-corrected chi connectivity index (χ1v) is 40.2. The molecule has 8 bridgehead atoms. The minimum Gasteiger partial charge on any atom is -0.457 e. The Kier molecular flexibility index (Phi) is 43.3. The molecule has 4 aliphatic heterocycles. The molecule has 0 spiro atoms. The van der Waals surface area contributed by atoms with Gasteiger partial charge in [-0.25, -0.2) is 0 Å². The topological polar surface area (TPSA) is 258 Å². The van der Waals surface area contributed by atoms with E-state index in [1.54, 1.807) is 28.4 Å². The molecule has 0 saturated carbocycles. The van der Waals surface area contributed by atoms with Crippen LogP contribution in [0.5, 0.6) is 46.0 Å². The summed E-state index contributed by atoms with van der Waals surface area (Å²) in [4.78, 5) is 0. The summed E-state index contributed by atoms with van der Waals surface area (Å²) in [5.41, 5.74) is 11.4. The van der Waals surface area contributed by atoms with Gasteiger partial charge in [-0.05, 0) is 103 Å². The molecule has 0 radical (unpaired) electrons. The SMILES string of the molecule is COCCOCCOCCOCCOCCCC1c2cc3c4c(C)c2OCOc2c1cc1c(c2C)OCOc2c(cc5c(c2C)OCOc2c(cc(c(c2C)OCO4)C3CCCOCCOCCOCCOCCOC)C5CCCOCCOCCOCCOCCOC)C1CCCOCCOCCOCCOCCOC. The zero-order chi connectivity index (χ0) is 78.4. The van der Waals surface area contributed by atoms with E-state index < -0.39 is 0 Å². The minimum atomic E-state index is -0.294. The molecule has 4 aromatic carbocycles. The van der Waals surface area contributed by atoms with Crippen LogP contribution >= 0.6 is 0 Å². The van der Waals surface area contributed by atoms with Crippen LogP contribution in [0.4, 0.5) is 0 Å². The number of rotatable bonds is 64. The fraction of sp³-hybridized carbons (Fsp3) is 0.714. The van der Waals surface area contributed by atoms with Crippen LogP contribution in [0.3, 0.4) is 0 Å². The molecule has 112 heavy (non-hydrogen) atoms. The molecule has 0 unspecified atom stereocenters. The molecule has 0 N–H and O–H groups in total. The van der Waals surface area contributed by atoms with Crippen molar-refractivity contribution in [2.45, 2.75) is 103 Å². The maximum Gasteiger partial charge on any atom is 0.230 e. The van der Waals surface area contributed by atoms with Crippen molar-refractivity contribution in [3.8, 4) is 46.0 Å². The van der Waals surface area contributed by atoms with Crippen molar-refractivity contribution < 1.29 is 133 Å². The standard InChI is InChI=1S/C84H128O28/c1-61-77-69-53-70-66(14-10-18-90-30-34-98-46-50-102-42-38-94-26-22-86-6)72-55-74-68(16-12-20-92-32-36-100-48-52-104-44-40-96-28-24-88-8)76-56-75-67(15-11-19-91-31-35-99-47-51-103-43-39-95-27-23-87-7)73-54-71(65(69)13-9-17-89-29-33-97-45-49-101-41-37-93-25-21-85-5)79(107-57-105-77)62(2)81(73)109-59-111-83(75)64(4)84(76)112-60-110-82(74)63(3)80(72)108-58-106-78(61)70/h53-56,65-68H,9-52,57-60H2,1-8H3. The van der Waals surface area contributed by atoms with Gasteiger partial charge >= 0.3 is 0 Å². The summed E-state index contributed by atoms with van der Waals surface area (Å²) in [5.74, 6) is 4.37. The maximum atomic E-state index is 6.96. The molecule has 0 amide bonds. The summed E-state index contributed by atoms with van der Waals surface area (Å²) in [7, 11) is 6.62. The van der Waals surface area contributed by atoms with Crippen LogP contribution < -0.4 is 37.9 Å². The second kappa shape index (κ2) is 53.7. The van der Waals surface area contributed by atoms with Crippen LogP contribution in [-0.2, 0) is 94.7 Å². The highest BCUT2D eigenvalue weighted by molar-refractivity contribution is 5.69. The number of benzene rings is 4. The summed E-state index contributed by atoms with van der Waals surface area (Å²) in [6.07, 6.45) is 5.38. The molecule has 5 aliphatic rings. The van der Waals surface area contributed by atoms with Gasteiger partial charge in [0.2, 0.25) is 27.2 Å². The molecule has 0 atom stereocenters. The number of hydrogen-bond acceptors (Lipinski definition) is 28. The fourth-order valence-electron chi connectivity index (χ4n) is 14.6. The summed E-state index contributed by atoms with van der Waals surface area (Å²) >= 11 is 0. The van der Waals surface area contributed by atoms with Crippen LogP contribution in [0, 0.1) is 27.7 Å². The van der Waals surface area contributed by atoms with Crippen molar-refractivity contribution in [3.05, 3.63) is 91.0 Å². The van der Waals surface area contributed by atoms with Gasteiger partial charge in [0.1, 0.15) is 46.0 Å². The van der Waals surface area contributed by atoms with Crippen LogP contribution in [0.15, 0.2) is 24.3 Å². The Balaban J connectivity index is 1.07. The zero-order valence-electron chi connectivity index (χ0n) is 68.0. The largest absolute Gasteiger partial charge is 0.457 e. The van der Waals surface area contributed by atoms with Gasteiger partial charge in [0, 0.05) is 145 Å². The molecule has 4 heterocycles. The van der Waals surface area contributed by atoms with E-state index in [1.165, 1.54) is 0 Å². The van der Waals surface area contributed by atoms with Gasteiger partial charge in [0.25, 0.3) is 0 Å². The molecule has 0 aromatic heterocycles. The van der Waals surface area contributed by atoms with Crippen molar-refractivity contribution in [2.75, 3.05) is 293 Å². The van der Waals surface area contributed by atoms with Gasteiger partial charge in [0.15, 0.2) is 0 Å². The van der Waals surface area contributed by atoms with E-state index in [1.807, 2.05) is 0 Å². The van der Waals surface area contributed by atoms with E-state index in [9.17, 15) is 0 Å². The molecule has 4 aromatic rings. The number of methoxy groups -OCH3 is 4. The predicted molar refractivity (Wildman–Crippen MR) is 414 cm³/mol. The molecule has 28 heteroatoms. The molecule has 28 nitrogen and oxygen atoms in total. The highest BCUT2D eigenvalue weighted by atomic mass is 16.7. The predicted octanol–water partition coefficient (Wildman–Crippen LogP) is 10.6. The molecule has 1 aliphatic carbocycles. The lowest BCUT2D eigenvalue weighted by molar-refractivity contribution is -0.00805. The normalized spacial score (nSPS) is 16.4. The first-order chi connectivity index (χ1) is 55.3. The van der Waals surface area contributed by atoms with E-state index in [2.05, 4.69) is 52.0 Å². The summed E-state index contributed by atoms with van der Waals surface area (Å²) < 4.78 is 170. The smallest absolute Gasteiger partial charge is 0.230 e. The van der Waals surface area contributed by atoms with Gasteiger partial charge in [-0.15, -0.1) is 0 Å². The highest BCUT2D eigenvalue weighted by Gasteiger charge is 2.40. The molecule has 9 rings (SSSR count). The quantitative estimate of drug-likeness (QED) is 0.0372. The van der Waals surface area contributed by atoms with E-state index in [0.29, 0.717) is 335 Å². The number of hydrogen-bond donors (Lipinski definition) is 0. The molecule has 0 fully saturated rings. The Labute approximate surface area is 663 Å². The minimum absolute atomic E-state index is 0.0795. The zero-order valence-corrected chi connectivity index (χ0v) is 68.0. The summed E-state index contributed by atoms with van der Waals surface area (Å²) in [6, 6.07) is 9.40. The maximum absolute atomic E-state index is 6.96. The average Bonchev–Trinajstić information content (AvgIpc) is 0.731. The van der Waals surface area contributed by atoms with Crippen LogP contribution in [-0.4, -0.2) is 293 Å². The summed E-state index contributed by atoms with van der Waals surface area (Å²) in [5, 5.41) is 0. The van der Waals surface area contributed by atoms with Crippen molar-refractivity contribution in [1.82, 2.24) is 0 Å². The molecular weight excluding hydrogens is 1460 g/mol. The first-order valence-electron chi connectivity index (χ1n) is 40.2. The van der Waals surface area contributed by atoms with Crippen molar-refractivity contribution in [3.63, 3.8) is 0 Å². The van der Waals surface area contributed by atoms with Gasteiger partial charge in [-0.2, -0.15) is 0 Å². The van der Waals surface area contributed by atoms with E-state index in [0.717, 1.165) is 66.8 Å². The third kappa shape index (κ3) is 28.4.